The van der Waals surface area contributed by atoms with Crippen molar-refractivity contribution in [2.45, 2.75) is 26.4 Å². The Bertz CT molecular complexity index is 748. The maximum atomic E-state index is 12.3. The number of carbonyl (C=O) groups excluding carboxylic acids is 2. The van der Waals surface area contributed by atoms with Gasteiger partial charge in [0.2, 0.25) is 5.78 Å². The highest BCUT2D eigenvalue weighted by Gasteiger charge is 2.18. The van der Waals surface area contributed by atoms with Crippen molar-refractivity contribution in [1.82, 2.24) is 0 Å². The Morgan fingerprint density at radius 1 is 1.17 bits per heavy atom. The van der Waals surface area contributed by atoms with Gasteiger partial charge in [0.05, 0.1) is 0 Å². The van der Waals surface area contributed by atoms with Crippen molar-refractivity contribution in [2.75, 3.05) is 0 Å². The molecule has 0 spiro atoms. The second kappa shape index (κ2) is 8.60. The van der Waals surface area contributed by atoms with Crippen LogP contribution < -0.4 is 0 Å². The molecule has 0 amide bonds. The number of rotatable bonds is 6. The molecule has 0 saturated heterocycles. The molecule has 0 aliphatic rings. The van der Waals surface area contributed by atoms with E-state index in [4.69, 9.17) is 4.74 Å². The largest absolute Gasteiger partial charge is 0.451 e. The summed E-state index contributed by atoms with van der Waals surface area (Å²) in [7, 11) is 0. The van der Waals surface area contributed by atoms with Crippen molar-refractivity contribution in [1.29, 1.82) is 0 Å². The van der Waals surface area contributed by atoms with Gasteiger partial charge in [-0.05, 0) is 42.7 Å². The Morgan fingerprint density at radius 2 is 1.88 bits per heavy atom. The minimum absolute atomic E-state index is 0.207. The highest BCUT2D eigenvalue weighted by molar-refractivity contribution is 9.10. The van der Waals surface area contributed by atoms with Crippen LogP contribution in [-0.2, 0) is 16.0 Å². The van der Waals surface area contributed by atoms with Crippen LogP contribution >= 0.6 is 15.9 Å². The molecular formula is C20H19BrO3. The van der Waals surface area contributed by atoms with E-state index in [1.165, 1.54) is 6.08 Å². The van der Waals surface area contributed by atoms with E-state index in [9.17, 15) is 9.59 Å². The van der Waals surface area contributed by atoms with Crippen molar-refractivity contribution < 1.29 is 14.3 Å². The minimum Gasteiger partial charge on any atom is -0.451 e. The summed E-state index contributed by atoms with van der Waals surface area (Å²) < 4.78 is 6.12. The maximum Gasteiger partial charge on any atom is 0.331 e. The van der Waals surface area contributed by atoms with E-state index in [0.717, 1.165) is 22.0 Å². The quantitative estimate of drug-likeness (QED) is 0.405. The third kappa shape index (κ3) is 5.17. The zero-order valence-electron chi connectivity index (χ0n) is 13.7. The molecule has 3 nitrogen and oxygen atoms in total. The zero-order valence-corrected chi connectivity index (χ0v) is 15.2. The van der Waals surface area contributed by atoms with E-state index < -0.39 is 12.1 Å². The van der Waals surface area contributed by atoms with Crippen LogP contribution in [0.3, 0.4) is 0 Å². The number of esters is 1. The maximum absolute atomic E-state index is 12.3. The van der Waals surface area contributed by atoms with Crippen LogP contribution in [0.15, 0.2) is 59.1 Å². The molecule has 0 saturated carbocycles. The summed E-state index contributed by atoms with van der Waals surface area (Å²) in [4.78, 5) is 24.2. The molecule has 0 fully saturated rings. The van der Waals surface area contributed by atoms with Crippen molar-refractivity contribution in [2.24, 2.45) is 0 Å². The Hall–Kier alpha value is -2.20. The molecule has 0 heterocycles. The van der Waals surface area contributed by atoms with E-state index in [2.05, 4.69) is 22.9 Å². The molecule has 0 bridgehead atoms. The van der Waals surface area contributed by atoms with E-state index in [-0.39, 0.29) is 5.78 Å². The van der Waals surface area contributed by atoms with Gasteiger partial charge >= 0.3 is 5.97 Å². The summed E-state index contributed by atoms with van der Waals surface area (Å²) in [6.07, 6.45) is 3.07. The van der Waals surface area contributed by atoms with Crippen LogP contribution in [-0.4, -0.2) is 17.9 Å². The summed E-state index contributed by atoms with van der Waals surface area (Å²) in [5.74, 6) is -0.747. The second-order valence-corrected chi connectivity index (χ2v) is 6.30. The molecular weight excluding hydrogens is 368 g/mol. The Balaban J connectivity index is 1.96. The van der Waals surface area contributed by atoms with E-state index in [1.807, 2.05) is 36.4 Å². The van der Waals surface area contributed by atoms with Crippen molar-refractivity contribution >= 4 is 33.8 Å². The molecule has 4 heteroatoms. The lowest BCUT2D eigenvalue weighted by molar-refractivity contribution is -0.140. The van der Waals surface area contributed by atoms with Crippen molar-refractivity contribution in [3.8, 4) is 0 Å². The molecule has 1 atom stereocenters. The van der Waals surface area contributed by atoms with Gasteiger partial charge in [-0.25, -0.2) is 4.79 Å². The Labute approximate surface area is 150 Å². The summed E-state index contributed by atoms with van der Waals surface area (Å²) in [5, 5.41) is 0. The van der Waals surface area contributed by atoms with E-state index in [1.54, 1.807) is 25.1 Å². The first-order valence-electron chi connectivity index (χ1n) is 7.77. The fourth-order valence-corrected chi connectivity index (χ4v) is 2.60. The predicted molar refractivity (Wildman–Crippen MR) is 98.9 cm³/mol. The lowest BCUT2D eigenvalue weighted by Gasteiger charge is -2.11. The summed E-state index contributed by atoms with van der Waals surface area (Å²) in [6.45, 7) is 3.64. The first kappa shape index (κ1) is 18.1. The molecule has 0 radical (unpaired) electrons. The average molecular weight is 387 g/mol. The molecule has 2 rings (SSSR count). The van der Waals surface area contributed by atoms with Crippen LogP contribution in [0.1, 0.15) is 35.3 Å². The lowest BCUT2D eigenvalue weighted by Crippen LogP contribution is -2.23. The molecule has 0 unspecified atom stereocenters. The zero-order chi connectivity index (χ0) is 17.5. The third-order valence-corrected chi connectivity index (χ3v) is 4.06. The highest BCUT2D eigenvalue weighted by Crippen LogP contribution is 2.13. The number of benzene rings is 2. The molecule has 124 valence electrons. The first-order chi connectivity index (χ1) is 11.5. The van der Waals surface area contributed by atoms with Crippen LogP contribution in [0.2, 0.25) is 0 Å². The van der Waals surface area contributed by atoms with E-state index in [0.29, 0.717) is 5.56 Å². The number of hydrogen-bond donors (Lipinski definition) is 0. The van der Waals surface area contributed by atoms with Crippen LogP contribution in [0.4, 0.5) is 0 Å². The predicted octanol–water partition coefficient (Wildman–Crippen LogP) is 4.84. The summed E-state index contributed by atoms with van der Waals surface area (Å²) in [5.41, 5.74) is 2.58. The summed E-state index contributed by atoms with van der Waals surface area (Å²) in [6, 6.07) is 14.9. The third-order valence-electron chi connectivity index (χ3n) is 3.57. The molecule has 2 aromatic carbocycles. The first-order valence-corrected chi connectivity index (χ1v) is 8.56. The number of hydrogen-bond acceptors (Lipinski definition) is 3. The van der Waals surface area contributed by atoms with Crippen LogP contribution in [0.25, 0.3) is 6.08 Å². The van der Waals surface area contributed by atoms with Gasteiger partial charge in [-0.15, -0.1) is 0 Å². The van der Waals surface area contributed by atoms with E-state index >= 15 is 0 Å². The average Bonchev–Trinajstić information content (AvgIpc) is 2.59. The molecule has 0 N–H and O–H groups in total. The SMILES string of the molecule is CCc1ccc(C(=O)[C@H](C)OC(=O)/C=C/c2cccc(Br)c2)cc1. The molecule has 24 heavy (non-hydrogen) atoms. The second-order valence-electron chi connectivity index (χ2n) is 5.38. The van der Waals surface area contributed by atoms with Gasteiger partial charge in [-0.2, -0.15) is 0 Å². The normalized spacial score (nSPS) is 12.1. The standard InChI is InChI=1S/C20H19BrO3/c1-3-15-7-10-17(11-8-15)20(23)14(2)24-19(22)12-9-16-5-4-6-18(21)13-16/h4-14H,3H2,1-2H3/b12-9+/t14-/m0/s1. The smallest absolute Gasteiger partial charge is 0.331 e. The Kier molecular flexibility index (Phi) is 6.50. The Morgan fingerprint density at radius 3 is 2.50 bits per heavy atom. The van der Waals surface area contributed by atoms with Crippen LogP contribution in [0, 0.1) is 0 Å². The number of aryl methyl sites for hydroxylation is 1. The number of carbonyl (C=O) groups is 2. The van der Waals surface area contributed by atoms with Crippen LogP contribution in [0.5, 0.6) is 0 Å². The minimum atomic E-state index is -0.822. The van der Waals surface area contributed by atoms with Gasteiger partial charge in [0.25, 0.3) is 0 Å². The molecule has 0 aliphatic heterocycles. The van der Waals surface area contributed by atoms with Gasteiger partial charge in [0, 0.05) is 16.1 Å². The molecule has 2 aromatic rings. The fraction of sp³-hybridized carbons (Fsp3) is 0.200. The number of ether oxygens (including phenoxy) is 1. The lowest BCUT2D eigenvalue weighted by atomic mass is 10.0. The topological polar surface area (TPSA) is 43.4 Å². The molecule has 0 aliphatic carbocycles. The van der Waals surface area contributed by atoms with Gasteiger partial charge in [0.15, 0.2) is 6.10 Å². The summed E-state index contributed by atoms with van der Waals surface area (Å²) >= 11 is 3.37. The van der Waals surface area contributed by atoms with Crippen molar-refractivity contribution in [3.63, 3.8) is 0 Å². The van der Waals surface area contributed by atoms with Gasteiger partial charge < -0.3 is 4.74 Å². The van der Waals surface area contributed by atoms with Crippen molar-refractivity contribution in [3.05, 3.63) is 75.8 Å². The monoisotopic (exact) mass is 386 g/mol. The van der Waals surface area contributed by atoms with Gasteiger partial charge in [0.1, 0.15) is 0 Å². The molecule has 0 aromatic heterocycles. The number of Topliss-reactive ketones (excluding diaryl/α,β-unsaturated/α-hetero) is 1. The fourth-order valence-electron chi connectivity index (χ4n) is 2.18. The highest BCUT2D eigenvalue weighted by atomic mass is 79.9. The number of ketones is 1. The van der Waals surface area contributed by atoms with Gasteiger partial charge in [-0.3, -0.25) is 4.79 Å². The van der Waals surface area contributed by atoms with Gasteiger partial charge in [-0.1, -0.05) is 59.3 Å². The number of halogens is 1.